The SMILES string of the molecule is C=C(CCCCCC)NC(C)=O. The van der Waals surface area contributed by atoms with Crippen molar-refractivity contribution in [2.75, 3.05) is 0 Å². The number of nitrogens with one attached hydrogen (secondary N) is 1. The zero-order chi connectivity index (χ0) is 9.40. The van der Waals surface area contributed by atoms with Crippen LogP contribution in [0.25, 0.3) is 0 Å². The fourth-order valence-corrected chi connectivity index (χ4v) is 1.08. The molecule has 0 aromatic rings. The van der Waals surface area contributed by atoms with Crippen LogP contribution in [0.1, 0.15) is 46.0 Å². The molecule has 0 saturated carbocycles. The number of hydrogen-bond acceptors (Lipinski definition) is 1. The average molecular weight is 169 g/mol. The van der Waals surface area contributed by atoms with Crippen LogP contribution in [-0.2, 0) is 4.79 Å². The first kappa shape index (κ1) is 11.2. The lowest BCUT2D eigenvalue weighted by Crippen LogP contribution is -2.18. The second kappa shape index (κ2) is 6.89. The predicted molar refractivity (Wildman–Crippen MR) is 51.7 cm³/mol. The molecule has 0 aromatic carbocycles. The summed E-state index contributed by atoms with van der Waals surface area (Å²) in [6, 6.07) is 0. The summed E-state index contributed by atoms with van der Waals surface area (Å²) in [4.78, 5) is 10.6. The maximum atomic E-state index is 10.6. The van der Waals surface area contributed by atoms with Crippen molar-refractivity contribution in [1.29, 1.82) is 0 Å². The monoisotopic (exact) mass is 169 g/mol. The molecule has 0 aliphatic heterocycles. The second-order valence-corrected chi connectivity index (χ2v) is 3.10. The Hall–Kier alpha value is -0.790. The molecule has 0 heterocycles. The van der Waals surface area contributed by atoms with Gasteiger partial charge in [-0.25, -0.2) is 0 Å². The summed E-state index contributed by atoms with van der Waals surface area (Å²) in [7, 11) is 0. The molecule has 0 aliphatic rings. The number of hydrogen-bond donors (Lipinski definition) is 1. The molecule has 0 spiro atoms. The van der Waals surface area contributed by atoms with E-state index in [2.05, 4.69) is 18.8 Å². The van der Waals surface area contributed by atoms with Crippen LogP contribution < -0.4 is 5.32 Å². The second-order valence-electron chi connectivity index (χ2n) is 3.10. The van der Waals surface area contributed by atoms with Gasteiger partial charge in [0, 0.05) is 12.6 Å². The molecule has 0 bridgehead atoms. The topological polar surface area (TPSA) is 29.1 Å². The first-order chi connectivity index (χ1) is 5.66. The van der Waals surface area contributed by atoms with Gasteiger partial charge in [-0.15, -0.1) is 0 Å². The minimum Gasteiger partial charge on any atom is -0.331 e. The van der Waals surface area contributed by atoms with Crippen LogP contribution in [0.4, 0.5) is 0 Å². The van der Waals surface area contributed by atoms with Gasteiger partial charge in [0.1, 0.15) is 0 Å². The summed E-state index contributed by atoms with van der Waals surface area (Å²) in [6.45, 7) is 7.45. The van der Waals surface area contributed by atoms with E-state index in [0.29, 0.717) is 0 Å². The molecule has 0 atom stereocenters. The highest BCUT2D eigenvalue weighted by atomic mass is 16.1. The van der Waals surface area contributed by atoms with Crippen LogP contribution in [0, 0.1) is 0 Å². The highest BCUT2D eigenvalue weighted by Gasteiger charge is 1.95. The third-order valence-electron chi connectivity index (χ3n) is 1.68. The highest BCUT2D eigenvalue weighted by molar-refractivity contribution is 5.74. The van der Waals surface area contributed by atoms with Crippen molar-refractivity contribution in [3.63, 3.8) is 0 Å². The van der Waals surface area contributed by atoms with Crippen molar-refractivity contribution in [3.05, 3.63) is 12.3 Å². The van der Waals surface area contributed by atoms with Crippen molar-refractivity contribution in [3.8, 4) is 0 Å². The van der Waals surface area contributed by atoms with E-state index in [1.807, 2.05) is 0 Å². The minimum absolute atomic E-state index is 0.0181. The molecule has 2 nitrogen and oxygen atoms in total. The van der Waals surface area contributed by atoms with Crippen LogP contribution in [-0.4, -0.2) is 5.91 Å². The van der Waals surface area contributed by atoms with Crippen LogP contribution >= 0.6 is 0 Å². The first-order valence-electron chi connectivity index (χ1n) is 4.62. The number of rotatable bonds is 6. The van der Waals surface area contributed by atoms with Crippen LogP contribution in [0.3, 0.4) is 0 Å². The summed E-state index contributed by atoms with van der Waals surface area (Å²) in [5, 5.41) is 2.69. The maximum Gasteiger partial charge on any atom is 0.220 e. The number of unbranched alkanes of at least 4 members (excludes halogenated alkanes) is 3. The summed E-state index contributed by atoms with van der Waals surface area (Å²) in [5.41, 5.74) is 0.846. The van der Waals surface area contributed by atoms with Gasteiger partial charge in [-0.3, -0.25) is 4.79 Å². The molecule has 0 aromatic heterocycles. The van der Waals surface area contributed by atoms with E-state index in [4.69, 9.17) is 0 Å². The lowest BCUT2D eigenvalue weighted by Gasteiger charge is -2.04. The Morgan fingerprint density at radius 1 is 1.33 bits per heavy atom. The van der Waals surface area contributed by atoms with Gasteiger partial charge >= 0.3 is 0 Å². The van der Waals surface area contributed by atoms with Crippen molar-refractivity contribution in [2.24, 2.45) is 0 Å². The summed E-state index contributed by atoms with van der Waals surface area (Å²) in [6.07, 6.45) is 5.79. The summed E-state index contributed by atoms with van der Waals surface area (Å²) >= 11 is 0. The molecular formula is C10H19NO. The van der Waals surface area contributed by atoms with Gasteiger partial charge in [-0.1, -0.05) is 32.8 Å². The van der Waals surface area contributed by atoms with E-state index in [-0.39, 0.29) is 5.91 Å². The smallest absolute Gasteiger partial charge is 0.220 e. The molecule has 0 unspecified atom stereocenters. The van der Waals surface area contributed by atoms with E-state index in [0.717, 1.165) is 18.5 Å². The van der Waals surface area contributed by atoms with Crippen LogP contribution in [0.15, 0.2) is 12.3 Å². The summed E-state index contributed by atoms with van der Waals surface area (Å²) < 4.78 is 0. The third-order valence-corrected chi connectivity index (χ3v) is 1.68. The minimum atomic E-state index is -0.0181. The van der Waals surface area contributed by atoms with E-state index in [1.165, 1.54) is 26.2 Å². The molecule has 1 N–H and O–H groups in total. The Morgan fingerprint density at radius 2 is 2.00 bits per heavy atom. The predicted octanol–water partition coefficient (Wildman–Crippen LogP) is 2.61. The van der Waals surface area contributed by atoms with Gasteiger partial charge in [0.05, 0.1) is 0 Å². The molecule has 1 amide bonds. The average Bonchev–Trinajstić information content (AvgIpc) is 1.97. The van der Waals surface area contributed by atoms with E-state index < -0.39 is 0 Å². The lowest BCUT2D eigenvalue weighted by atomic mass is 10.1. The molecule has 0 fully saturated rings. The Labute approximate surface area is 75.0 Å². The number of amides is 1. The van der Waals surface area contributed by atoms with Gasteiger partial charge < -0.3 is 5.32 Å². The van der Waals surface area contributed by atoms with E-state index >= 15 is 0 Å². The molecule has 70 valence electrons. The highest BCUT2D eigenvalue weighted by Crippen LogP contribution is 2.05. The Kier molecular flexibility index (Phi) is 6.44. The zero-order valence-electron chi connectivity index (χ0n) is 8.15. The molecule has 12 heavy (non-hydrogen) atoms. The molecular weight excluding hydrogens is 150 g/mol. The fourth-order valence-electron chi connectivity index (χ4n) is 1.08. The fraction of sp³-hybridized carbons (Fsp3) is 0.700. The van der Waals surface area contributed by atoms with Gasteiger partial charge in [0.15, 0.2) is 0 Å². The summed E-state index contributed by atoms with van der Waals surface area (Å²) in [5.74, 6) is -0.0181. The number of carbonyl (C=O) groups is 1. The van der Waals surface area contributed by atoms with Gasteiger partial charge in [-0.2, -0.15) is 0 Å². The van der Waals surface area contributed by atoms with E-state index in [9.17, 15) is 4.79 Å². The normalized spacial score (nSPS) is 9.50. The zero-order valence-corrected chi connectivity index (χ0v) is 8.15. The maximum absolute atomic E-state index is 10.6. The van der Waals surface area contributed by atoms with Crippen molar-refractivity contribution < 1.29 is 4.79 Å². The van der Waals surface area contributed by atoms with Gasteiger partial charge in [-0.05, 0) is 12.8 Å². The Bertz CT molecular complexity index is 152. The molecule has 2 heteroatoms. The molecule has 0 rings (SSSR count). The standard InChI is InChI=1S/C10H19NO/c1-4-5-6-7-8-9(2)11-10(3)12/h2,4-8H2,1,3H3,(H,11,12). The number of carbonyl (C=O) groups excluding carboxylic acids is 1. The number of allylic oxidation sites excluding steroid dienone is 1. The quantitative estimate of drug-likeness (QED) is 0.608. The van der Waals surface area contributed by atoms with Crippen molar-refractivity contribution in [1.82, 2.24) is 5.32 Å². The van der Waals surface area contributed by atoms with Gasteiger partial charge in [0.25, 0.3) is 0 Å². The van der Waals surface area contributed by atoms with Crippen molar-refractivity contribution in [2.45, 2.75) is 46.0 Å². The first-order valence-corrected chi connectivity index (χ1v) is 4.62. The molecule has 0 radical (unpaired) electrons. The lowest BCUT2D eigenvalue weighted by molar-refractivity contribution is -0.118. The largest absolute Gasteiger partial charge is 0.331 e. The Balaban J connectivity index is 3.26. The van der Waals surface area contributed by atoms with Crippen LogP contribution in [0.2, 0.25) is 0 Å². The van der Waals surface area contributed by atoms with Crippen LogP contribution in [0.5, 0.6) is 0 Å². The van der Waals surface area contributed by atoms with Gasteiger partial charge in [0.2, 0.25) is 5.91 Å². The Morgan fingerprint density at radius 3 is 2.50 bits per heavy atom. The molecule has 0 aliphatic carbocycles. The third kappa shape index (κ3) is 7.32. The van der Waals surface area contributed by atoms with E-state index in [1.54, 1.807) is 0 Å². The van der Waals surface area contributed by atoms with Crippen molar-refractivity contribution >= 4 is 5.91 Å². The molecule has 0 saturated heterocycles.